The SMILES string of the molecule is CC(=O)OC1(C)Cc2ccc(C)cc2C1=O. The molecule has 0 bridgehead atoms. The number of benzene rings is 1. The Bertz CT molecular complexity index is 476. The Morgan fingerprint density at radius 1 is 1.44 bits per heavy atom. The standard InChI is InChI=1S/C13H14O3/c1-8-4-5-10-7-13(3,16-9(2)14)12(15)11(10)6-8/h4-6H,7H2,1-3H3. The van der Waals surface area contributed by atoms with Gasteiger partial charge in [-0.15, -0.1) is 0 Å². The summed E-state index contributed by atoms with van der Waals surface area (Å²) in [5.74, 6) is -0.512. The molecule has 84 valence electrons. The Morgan fingerprint density at radius 3 is 2.75 bits per heavy atom. The van der Waals surface area contributed by atoms with E-state index in [0.717, 1.165) is 11.1 Å². The van der Waals surface area contributed by atoms with Crippen molar-refractivity contribution < 1.29 is 14.3 Å². The normalized spacial score (nSPS) is 23.1. The minimum Gasteiger partial charge on any atom is -0.451 e. The van der Waals surface area contributed by atoms with Gasteiger partial charge in [-0.3, -0.25) is 9.59 Å². The number of ether oxygens (including phenoxy) is 1. The zero-order chi connectivity index (χ0) is 11.9. The fourth-order valence-corrected chi connectivity index (χ4v) is 2.18. The van der Waals surface area contributed by atoms with E-state index in [1.54, 1.807) is 6.92 Å². The molecule has 3 nitrogen and oxygen atoms in total. The molecule has 3 heteroatoms. The first-order chi connectivity index (χ1) is 7.42. The van der Waals surface area contributed by atoms with Crippen LogP contribution in [0.2, 0.25) is 0 Å². The molecule has 1 atom stereocenters. The molecule has 1 aromatic carbocycles. The molecular formula is C13H14O3. The molecule has 1 aromatic rings. The van der Waals surface area contributed by atoms with E-state index < -0.39 is 11.6 Å². The Hall–Kier alpha value is -1.64. The first kappa shape index (κ1) is 10.9. The fraction of sp³-hybridized carbons (Fsp3) is 0.385. The summed E-state index contributed by atoms with van der Waals surface area (Å²) < 4.78 is 5.14. The highest BCUT2D eigenvalue weighted by Gasteiger charge is 2.44. The number of Topliss-reactive ketones (excluding diaryl/α,β-unsaturated/α-hetero) is 1. The lowest BCUT2D eigenvalue weighted by atomic mass is 10.0. The Kier molecular flexibility index (Phi) is 2.34. The second-order valence-electron chi connectivity index (χ2n) is 4.49. The van der Waals surface area contributed by atoms with Crippen molar-refractivity contribution in [1.29, 1.82) is 0 Å². The van der Waals surface area contributed by atoms with Crippen molar-refractivity contribution in [2.75, 3.05) is 0 Å². The molecule has 1 aliphatic carbocycles. The van der Waals surface area contributed by atoms with Gasteiger partial charge in [0.05, 0.1) is 0 Å². The number of fused-ring (bicyclic) bond motifs is 1. The Balaban J connectivity index is 2.40. The van der Waals surface area contributed by atoms with Crippen LogP contribution < -0.4 is 0 Å². The maximum atomic E-state index is 12.1. The van der Waals surface area contributed by atoms with Gasteiger partial charge in [0.15, 0.2) is 5.60 Å². The van der Waals surface area contributed by atoms with Gasteiger partial charge in [-0.1, -0.05) is 17.7 Å². The van der Waals surface area contributed by atoms with E-state index >= 15 is 0 Å². The van der Waals surface area contributed by atoms with Gasteiger partial charge in [0.2, 0.25) is 5.78 Å². The second kappa shape index (κ2) is 3.44. The number of aryl methyl sites for hydroxylation is 1. The van der Waals surface area contributed by atoms with Crippen LogP contribution in [0, 0.1) is 6.92 Å². The Labute approximate surface area is 94.4 Å². The molecule has 0 saturated heterocycles. The van der Waals surface area contributed by atoms with Gasteiger partial charge in [-0.2, -0.15) is 0 Å². The van der Waals surface area contributed by atoms with Crippen molar-refractivity contribution in [3.05, 3.63) is 34.9 Å². The molecule has 0 saturated carbocycles. The van der Waals surface area contributed by atoms with Crippen molar-refractivity contribution in [1.82, 2.24) is 0 Å². The largest absolute Gasteiger partial charge is 0.451 e. The molecule has 0 N–H and O–H groups in total. The number of esters is 1. The molecular weight excluding hydrogens is 204 g/mol. The quantitative estimate of drug-likeness (QED) is 0.677. The highest BCUT2D eigenvalue weighted by molar-refractivity contribution is 6.07. The molecule has 0 amide bonds. The van der Waals surface area contributed by atoms with E-state index in [9.17, 15) is 9.59 Å². The number of ketones is 1. The van der Waals surface area contributed by atoms with Crippen LogP contribution in [0.25, 0.3) is 0 Å². The van der Waals surface area contributed by atoms with Crippen LogP contribution in [-0.2, 0) is 16.0 Å². The topological polar surface area (TPSA) is 43.4 Å². The smallest absolute Gasteiger partial charge is 0.303 e. The molecule has 0 radical (unpaired) electrons. The van der Waals surface area contributed by atoms with E-state index in [4.69, 9.17) is 4.74 Å². The average Bonchev–Trinajstić information content (AvgIpc) is 2.40. The molecule has 0 spiro atoms. The van der Waals surface area contributed by atoms with Crippen LogP contribution in [0.3, 0.4) is 0 Å². The van der Waals surface area contributed by atoms with Crippen molar-refractivity contribution in [3.8, 4) is 0 Å². The summed E-state index contributed by atoms with van der Waals surface area (Å²) in [6.07, 6.45) is 0.473. The van der Waals surface area contributed by atoms with E-state index in [-0.39, 0.29) is 5.78 Å². The fourth-order valence-electron chi connectivity index (χ4n) is 2.18. The van der Waals surface area contributed by atoms with E-state index in [2.05, 4.69) is 0 Å². The first-order valence-electron chi connectivity index (χ1n) is 5.26. The molecule has 0 fully saturated rings. The summed E-state index contributed by atoms with van der Waals surface area (Å²) in [4.78, 5) is 23.1. The predicted octanol–water partition coefficient (Wildman–Crippen LogP) is 2.06. The third kappa shape index (κ3) is 1.62. The van der Waals surface area contributed by atoms with Crippen molar-refractivity contribution in [2.24, 2.45) is 0 Å². The summed E-state index contributed by atoms with van der Waals surface area (Å²) in [5, 5.41) is 0. The first-order valence-corrected chi connectivity index (χ1v) is 5.26. The number of hydrogen-bond acceptors (Lipinski definition) is 3. The van der Waals surface area contributed by atoms with Crippen molar-refractivity contribution in [3.63, 3.8) is 0 Å². The molecule has 1 unspecified atom stereocenters. The number of carbonyl (C=O) groups is 2. The minimum absolute atomic E-state index is 0.0959. The highest BCUT2D eigenvalue weighted by Crippen LogP contribution is 2.33. The molecule has 1 aliphatic rings. The monoisotopic (exact) mass is 218 g/mol. The zero-order valence-electron chi connectivity index (χ0n) is 9.66. The van der Waals surface area contributed by atoms with Gasteiger partial charge in [-0.05, 0) is 25.5 Å². The summed E-state index contributed by atoms with van der Waals surface area (Å²) in [6, 6.07) is 5.75. The van der Waals surface area contributed by atoms with Crippen molar-refractivity contribution >= 4 is 11.8 Å². The number of hydrogen-bond donors (Lipinski definition) is 0. The summed E-state index contributed by atoms with van der Waals surface area (Å²) in [6.45, 7) is 4.94. The summed E-state index contributed by atoms with van der Waals surface area (Å²) >= 11 is 0. The lowest BCUT2D eigenvalue weighted by Gasteiger charge is -2.21. The average molecular weight is 218 g/mol. The lowest BCUT2D eigenvalue weighted by Crippen LogP contribution is -2.37. The van der Waals surface area contributed by atoms with Gasteiger partial charge in [0.1, 0.15) is 0 Å². The van der Waals surface area contributed by atoms with Crippen LogP contribution in [-0.4, -0.2) is 17.4 Å². The van der Waals surface area contributed by atoms with Crippen LogP contribution in [0.5, 0.6) is 0 Å². The second-order valence-corrected chi connectivity index (χ2v) is 4.49. The van der Waals surface area contributed by atoms with E-state index in [1.807, 2.05) is 25.1 Å². The number of rotatable bonds is 1. The Morgan fingerprint density at radius 2 is 2.12 bits per heavy atom. The van der Waals surface area contributed by atoms with Crippen LogP contribution in [0.4, 0.5) is 0 Å². The maximum Gasteiger partial charge on any atom is 0.303 e. The van der Waals surface area contributed by atoms with Crippen LogP contribution >= 0.6 is 0 Å². The van der Waals surface area contributed by atoms with Gasteiger partial charge in [0.25, 0.3) is 0 Å². The molecule has 0 aromatic heterocycles. The summed E-state index contributed by atoms with van der Waals surface area (Å²) in [5.41, 5.74) is 1.67. The zero-order valence-corrected chi connectivity index (χ0v) is 9.66. The van der Waals surface area contributed by atoms with Gasteiger partial charge in [0, 0.05) is 18.9 Å². The third-order valence-corrected chi connectivity index (χ3v) is 2.89. The molecule has 0 heterocycles. The van der Waals surface area contributed by atoms with Gasteiger partial charge in [-0.25, -0.2) is 0 Å². The number of carbonyl (C=O) groups excluding carboxylic acids is 2. The van der Waals surface area contributed by atoms with E-state index in [1.165, 1.54) is 6.92 Å². The molecule has 16 heavy (non-hydrogen) atoms. The van der Waals surface area contributed by atoms with Crippen LogP contribution in [0.15, 0.2) is 18.2 Å². The third-order valence-electron chi connectivity index (χ3n) is 2.89. The van der Waals surface area contributed by atoms with Gasteiger partial charge < -0.3 is 4.74 Å². The lowest BCUT2D eigenvalue weighted by molar-refractivity contribution is -0.150. The predicted molar refractivity (Wildman–Crippen MR) is 59.4 cm³/mol. The minimum atomic E-state index is -1.01. The maximum absolute atomic E-state index is 12.1. The van der Waals surface area contributed by atoms with Crippen molar-refractivity contribution in [2.45, 2.75) is 32.8 Å². The van der Waals surface area contributed by atoms with Gasteiger partial charge >= 0.3 is 5.97 Å². The molecule has 2 rings (SSSR count). The summed E-state index contributed by atoms with van der Waals surface area (Å²) in [7, 11) is 0. The highest BCUT2D eigenvalue weighted by atomic mass is 16.6. The van der Waals surface area contributed by atoms with E-state index in [0.29, 0.717) is 12.0 Å². The van der Waals surface area contributed by atoms with Crippen LogP contribution in [0.1, 0.15) is 35.3 Å². The molecule has 0 aliphatic heterocycles.